The van der Waals surface area contributed by atoms with Crippen LogP contribution < -0.4 is 33.2 Å². The average Bonchev–Trinajstić information content (AvgIpc) is 2.90. The lowest BCUT2D eigenvalue weighted by Crippen LogP contribution is -2.67. The highest BCUT2D eigenvalue weighted by Gasteiger charge is 2.51. The van der Waals surface area contributed by atoms with Gasteiger partial charge in [-0.25, -0.2) is 0 Å². The van der Waals surface area contributed by atoms with Crippen molar-refractivity contribution in [1.82, 2.24) is 16.0 Å². The van der Waals surface area contributed by atoms with E-state index in [2.05, 4.69) is 16.0 Å². The molecule has 12 atom stereocenters. The molecule has 3 heterocycles. The summed E-state index contributed by atoms with van der Waals surface area (Å²) >= 11 is 0. The molecule has 3 aliphatic heterocycles. The molecule has 4 rings (SSSR count). The van der Waals surface area contributed by atoms with Gasteiger partial charge in [0, 0.05) is 31.7 Å². The van der Waals surface area contributed by atoms with Crippen molar-refractivity contribution in [2.24, 2.45) is 23.1 Å². The topological polar surface area (TPSA) is 232 Å². The molecule has 1 saturated carbocycles. The molecule has 232 valence electrons. The van der Waals surface area contributed by atoms with E-state index in [4.69, 9.17) is 36.1 Å². The van der Waals surface area contributed by atoms with Crippen LogP contribution in [-0.2, 0) is 18.9 Å². The van der Waals surface area contributed by atoms with Crippen LogP contribution in [0.5, 0.6) is 0 Å². The van der Waals surface area contributed by atoms with E-state index in [0.29, 0.717) is 31.4 Å². The zero-order valence-electron chi connectivity index (χ0n) is 23.5. The van der Waals surface area contributed by atoms with Gasteiger partial charge in [0.15, 0.2) is 6.29 Å². The zero-order chi connectivity index (χ0) is 29.0. The Morgan fingerprint density at radius 2 is 1.90 bits per heavy atom. The summed E-state index contributed by atoms with van der Waals surface area (Å²) in [7, 11) is 1.64. The second-order valence-electron chi connectivity index (χ2n) is 11.8. The molecule has 14 nitrogen and oxygen atoms in total. The second-order valence-corrected chi connectivity index (χ2v) is 11.8. The molecule has 3 fully saturated rings. The SMILES string of the molecule is CN[C@@H]1[C@@H](O)[C@@H](O[C@H]2[C@H](CCC(O)CN)C[C@H](N)C(O[C@H]3OC(CN)=CC[C@H]3NC3CNC3)[C@@H]2O)OC[C@]1(C)O. The predicted octanol–water partition coefficient (Wildman–Crippen LogP) is -3.86. The fraction of sp³-hybridized carbons (Fsp3) is 0.923. The van der Waals surface area contributed by atoms with Gasteiger partial charge in [-0.15, -0.1) is 0 Å². The molecule has 0 radical (unpaired) electrons. The first-order valence-electron chi connectivity index (χ1n) is 14.4. The Hall–Kier alpha value is -0.980. The normalized spacial score (nSPS) is 43.5. The Kier molecular flexibility index (Phi) is 11.2. The number of hydrogen-bond acceptors (Lipinski definition) is 14. The lowest BCUT2D eigenvalue weighted by Gasteiger charge is -2.49. The molecule has 4 aliphatic rings. The number of nitrogens with one attached hydrogen (secondary N) is 3. The summed E-state index contributed by atoms with van der Waals surface area (Å²) in [6, 6.07) is -1.15. The van der Waals surface area contributed by atoms with Crippen LogP contribution in [0.4, 0.5) is 0 Å². The van der Waals surface area contributed by atoms with E-state index in [1.807, 2.05) is 6.08 Å². The van der Waals surface area contributed by atoms with Crippen LogP contribution in [0.1, 0.15) is 32.6 Å². The first kappa shape index (κ1) is 31.9. The molecule has 40 heavy (non-hydrogen) atoms. The molecule has 0 spiro atoms. The van der Waals surface area contributed by atoms with Crippen molar-refractivity contribution < 1.29 is 39.4 Å². The lowest BCUT2D eigenvalue weighted by molar-refractivity contribution is -0.309. The number of ether oxygens (including phenoxy) is 4. The van der Waals surface area contributed by atoms with Gasteiger partial charge >= 0.3 is 0 Å². The first-order valence-corrected chi connectivity index (χ1v) is 14.4. The molecule has 0 aromatic carbocycles. The molecule has 14 heteroatoms. The molecule has 0 amide bonds. The standard InChI is InChI=1S/C26H50N6O8/c1-26(36)12-37-25(20(35)23(26)30-2)39-21-13(3-4-15(33)8-27)7-17(29)22(19(21)34)40-24-18(32-14-10-31-11-14)6-5-16(9-28)38-24/h5,13-15,17-25,30-36H,3-4,6-12,27-29H2,1-2H3/t13-,15?,17+,18-,19-,20-,21+,22?,23-,24-,25-,26+/m1/s1. The Balaban J connectivity index is 1.51. The van der Waals surface area contributed by atoms with E-state index in [0.717, 1.165) is 13.1 Å². The summed E-state index contributed by atoms with van der Waals surface area (Å²) in [4.78, 5) is 0. The third kappa shape index (κ3) is 7.32. The molecule has 0 bridgehead atoms. The van der Waals surface area contributed by atoms with Crippen molar-refractivity contribution in [2.45, 2.75) is 105 Å². The van der Waals surface area contributed by atoms with E-state index in [-0.39, 0.29) is 37.7 Å². The van der Waals surface area contributed by atoms with Crippen LogP contribution in [0.3, 0.4) is 0 Å². The molecule has 2 unspecified atom stereocenters. The predicted molar refractivity (Wildman–Crippen MR) is 146 cm³/mol. The van der Waals surface area contributed by atoms with Crippen molar-refractivity contribution in [3.8, 4) is 0 Å². The summed E-state index contributed by atoms with van der Waals surface area (Å²) < 4.78 is 24.5. The average molecular weight is 575 g/mol. The summed E-state index contributed by atoms with van der Waals surface area (Å²) in [6.07, 6.45) is -2.75. The molecule has 1 aliphatic carbocycles. The van der Waals surface area contributed by atoms with Crippen LogP contribution in [0, 0.1) is 5.92 Å². The van der Waals surface area contributed by atoms with E-state index in [1.54, 1.807) is 14.0 Å². The van der Waals surface area contributed by atoms with Crippen molar-refractivity contribution >= 4 is 0 Å². The summed E-state index contributed by atoms with van der Waals surface area (Å²) in [5, 5.41) is 53.1. The minimum Gasteiger partial charge on any atom is -0.467 e. The highest BCUT2D eigenvalue weighted by atomic mass is 16.7. The maximum absolute atomic E-state index is 11.7. The monoisotopic (exact) mass is 574 g/mol. The van der Waals surface area contributed by atoms with E-state index in [1.165, 1.54) is 0 Å². The van der Waals surface area contributed by atoms with Gasteiger partial charge in [0.1, 0.15) is 29.7 Å². The molecule has 13 N–H and O–H groups in total. The van der Waals surface area contributed by atoms with Gasteiger partial charge in [-0.05, 0) is 51.6 Å². The third-order valence-corrected chi connectivity index (χ3v) is 8.63. The Morgan fingerprint density at radius 1 is 1.18 bits per heavy atom. The van der Waals surface area contributed by atoms with Gasteiger partial charge in [0.2, 0.25) is 6.29 Å². The van der Waals surface area contributed by atoms with Gasteiger partial charge in [-0.3, -0.25) is 0 Å². The largest absolute Gasteiger partial charge is 0.467 e. The van der Waals surface area contributed by atoms with E-state index in [9.17, 15) is 20.4 Å². The minimum atomic E-state index is -1.32. The van der Waals surface area contributed by atoms with Crippen LogP contribution in [0.25, 0.3) is 0 Å². The van der Waals surface area contributed by atoms with Gasteiger partial charge in [0.05, 0.1) is 37.4 Å². The maximum Gasteiger partial charge on any atom is 0.215 e. The van der Waals surface area contributed by atoms with Crippen LogP contribution in [0.15, 0.2) is 11.8 Å². The molecular formula is C26H50N6O8. The quantitative estimate of drug-likeness (QED) is 0.108. The number of aliphatic hydroxyl groups is 4. The Morgan fingerprint density at radius 3 is 2.52 bits per heavy atom. The minimum absolute atomic E-state index is 0.0769. The van der Waals surface area contributed by atoms with Gasteiger partial charge in [0.25, 0.3) is 0 Å². The van der Waals surface area contributed by atoms with Gasteiger partial charge in [-0.2, -0.15) is 0 Å². The van der Waals surface area contributed by atoms with E-state index >= 15 is 0 Å². The Labute approximate surface area is 235 Å². The molecule has 0 aromatic heterocycles. The molecular weight excluding hydrogens is 524 g/mol. The number of hydrogen-bond donors (Lipinski definition) is 10. The number of rotatable bonds is 12. The van der Waals surface area contributed by atoms with Crippen LogP contribution in [-0.4, -0.2) is 133 Å². The fourth-order valence-corrected chi connectivity index (χ4v) is 6.15. The van der Waals surface area contributed by atoms with Gasteiger partial charge < -0.3 is 72.5 Å². The summed E-state index contributed by atoms with van der Waals surface area (Å²) in [5.74, 6) is 0.332. The number of likely N-dealkylation sites (N-methyl/N-ethyl adjacent to an activating group) is 1. The third-order valence-electron chi connectivity index (χ3n) is 8.63. The van der Waals surface area contributed by atoms with Gasteiger partial charge in [-0.1, -0.05) is 0 Å². The highest BCUT2D eigenvalue weighted by Crippen LogP contribution is 2.36. The van der Waals surface area contributed by atoms with Crippen molar-refractivity contribution in [3.05, 3.63) is 11.8 Å². The van der Waals surface area contributed by atoms with Crippen molar-refractivity contribution in [1.29, 1.82) is 0 Å². The summed E-state index contributed by atoms with van der Waals surface area (Å²) in [5.41, 5.74) is 16.7. The van der Waals surface area contributed by atoms with E-state index < -0.39 is 60.8 Å². The van der Waals surface area contributed by atoms with Crippen molar-refractivity contribution in [3.63, 3.8) is 0 Å². The zero-order valence-corrected chi connectivity index (χ0v) is 23.5. The molecule has 0 aromatic rings. The van der Waals surface area contributed by atoms with Crippen LogP contribution in [0.2, 0.25) is 0 Å². The smallest absolute Gasteiger partial charge is 0.215 e. The fourth-order valence-electron chi connectivity index (χ4n) is 6.15. The second kappa shape index (κ2) is 14.0. The number of nitrogens with two attached hydrogens (primary N) is 3. The Bertz CT molecular complexity index is 835. The molecule has 2 saturated heterocycles. The summed E-state index contributed by atoms with van der Waals surface area (Å²) in [6.45, 7) is 3.52. The highest BCUT2D eigenvalue weighted by molar-refractivity contribution is 5.05. The number of aliphatic hydroxyl groups excluding tert-OH is 3. The first-order chi connectivity index (χ1) is 19.1. The maximum atomic E-state index is 11.7. The lowest BCUT2D eigenvalue weighted by atomic mass is 9.77. The van der Waals surface area contributed by atoms with Crippen molar-refractivity contribution in [2.75, 3.05) is 39.8 Å². The van der Waals surface area contributed by atoms with Crippen LogP contribution >= 0.6 is 0 Å².